The first-order chi connectivity index (χ1) is 17.1. The number of ketones is 1. The van der Waals surface area contributed by atoms with Crippen LogP contribution in [0, 0.1) is 0 Å². The summed E-state index contributed by atoms with van der Waals surface area (Å²) < 4.78 is 5.59. The summed E-state index contributed by atoms with van der Waals surface area (Å²) in [5, 5.41) is 2.85. The number of likely N-dealkylation sites (tertiary alicyclic amines) is 1. The average molecular weight is 490 g/mol. The highest BCUT2D eigenvalue weighted by Gasteiger charge is 2.42. The van der Waals surface area contributed by atoms with Crippen LogP contribution >= 0.6 is 0 Å². The molecule has 36 heavy (non-hydrogen) atoms. The second-order valence-corrected chi connectivity index (χ2v) is 10.7. The number of aromatic nitrogens is 1. The van der Waals surface area contributed by atoms with Crippen molar-refractivity contribution >= 4 is 23.9 Å². The van der Waals surface area contributed by atoms with Gasteiger partial charge >= 0.3 is 6.09 Å². The molecule has 1 N–H and O–H groups in total. The Morgan fingerprint density at radius 2 is 1.94 bits per heavy atom. The molecule has 3 atom stereocenters. The van der Waals surface area contributed by atoms with E-state index in [1.807, 2.05) is 36.5 Å². The topological polar surface area (TPSA) is 88.6 Å². The summed E-state index contributed by atoms with van der Waals surface area (Å²) in [5.74, 6) is -0.368. The third-order valence-corrected chi connectivity index (χ3v) is 6.67. The van der Waals surface area contributed by atoms with E-state index in [-0.39, 0.29) is 17.6 Å². The summed E-state index contributed by atoms with van der Waals surface area (Å²) in [4.78, 5) is 45.1. The first-order valence-corrected chi connectivity index (χ1v) is 12.6. The first-order valence-electron chi connectivity index (χ1n) is 12.6. The third-order valence-electron chi connectivity index (χ3n) is 6.67. The lowest BCUT2D eigenvalue weighted by molar-refractivity contribution is -0.130. The van der Waals surface area contributed by atoms with E-state index < -0.39 is 23.8 Å². The van der Waals surface area contributed by atoms with E-state index in [0.29, 0.717) is 25.8 Å². The number of nitrogens with one attached hydrogen (secondary N) is 1. The Morgan fingerprint density at radius 1 is 1.19 bits per heavy atom. The molecular weight excluding hydrogens is 454 g/mol. The minimum Gasteiger partial charge on any atom is -0.444 e. The van der Waals surface area contributed by atoms with E-state index in [0.717, 1.165) is 28.8 Å². The minimum atomic E-state index is -0.701. The molecule has 0 unspecified atom stereocenters. The molecule has 0 bridgehead atoms. The SMILES string of the molecule is C[C@H](NC(=O)[C@H]1C[C@H](c2ccccc2)CN1C(=O)OC(C)(C)C)C(=O)CCc1cnc2c(c1)C=CC2. The number of rotatable bonds is 7. The Morgan fingerprint density at radius 3 is 2.67 bits per heavy atom. The molecule has 1 aliphatic carbocycles. The van der Waals surface area contributed by atoms with E-state index >= 15 is 0 Å². The highest BCUT2D eigenvalue weighted by molar-refractivity contribution is 5.92. The number of allylic oxidation sites excluding steroid dienone is 1. The molecule has 1 aromatic heterocycles. The van der Waals surface area contributed by atoms with Crippen LogP contribution in [0.1, 0.15) is 68.8 Å². The summed E-state index contributed by atoms with van der Waals surface area (Å²) in [5.41, 5.74) is 3.57. The summed E-state index contributed by atoms with van der Waals surface area (Å²) in [6.07, 6.45) is 7.64. The molecule has 0 saturated carbocycles. The average Bonchev–Trinajstić information content (AvgIpc) is 3.49. The standard InChI is InChI=1S/C29H35N3O4/c1-19(26(33)14-13-20-15-22-11-8-12-24(22)30-17-20)31-27(34)25-16-23(21-9-6-5-7-10-21)18-32(25)28(35)36-29(2,3)4/h5-11,15,17,19,23,25H,12-14,16,18H2,1-4H3,(H,31,34)/t19-,23-,25+/m0/s1. The molecule has 1 aliphatic heterocycles. The molecule has 190 valence electrons. The molecule has 7 nitrogen and oxygen atoms in total. The van der Waals surface area contributed by atoms with Crippen molar-refractivity contribution in [3.8, 4) is 0 Å². The normalized spacial score (nSPS) is 19.6. The number of pyridine rings is 1. The van der Waals surface area contributed by atoms with Crippen molar-refractivity contribution in [1.82, 2.24) is 15.2 Å². The van der Waals surface area contributed by atoms with Crippen LogP contribution in [0.25, 0.3) is 6.08 Å². The first kappa shape index (κ1) is 25.6. The largest absolute Gasteiger partial charge is 0.444 e. The summed E-state index contributed by atoms with van der Waals surface area (Å²) >= 11 is 0. The van der Waals surface area contributed by atoms with Gasteiger partial charge in [0.05, 0.1) is 11.7 Å². The fourth-order valence-electron chi connectivity index (χ4n) is 4.75. The van der Waals surface area contributed by atoms with E-state index in [2.05, 4.69) is 28.5 Å². The lowest BCUT2D eigenvalue weighted by Gasteiger charge is -2.28. The lowest BCUT2D eigenvalue weighted by atomic mass is 9.96. The van der Waals surface area contributed by atoms with Crippen LogP contribution in [-0.4, -0.2) is 51.9 Å². The summed E-state index contributed by atoms with van der Waals surface area (Å²) in [7, 11) is 0. The maximum atomic E-state index is 13.3. The molecule has 1 aromatic carbocycles. The Hall–Kier alpha value is -3.48. The van der Waals surface area contributed by atoms with E-state index in [4.69, 9.17) is 4.74 Å². The quantitative estimate of drug-likeness (QED) is 0.621. The van der Waals surface area contributed by atoms with Gasteiger partial charge in [0.25, 0.3) is 0 Å². The Balaban J connectivity index is 1.39. The van der Waals surface area contributed by atoms with Crippen molar-refractivity contribution < 1.29 is 19.1 Å². The van der Waals surface area contributed by atoms with Gasteiger partial charge in [0.1, 0.15) is 11.6 Å². The molecular formula is C29H35N3O4. The van der Waals surface area contributed by atoms with Crippen LogP contribution in [-0.2, 0) is 27.2 Å². The van der Waals surface area contributed by atoms with Crippen LogP contribution in [0.4, 0.5) is 4.79 Å². The molecule has 4 rings (SSSR count). The number of hydrogen-bond donors (Lipinski definition) is 1. The second kappa shape index (κ2) is 10.6. The zero-order chi connectivity index (χ0) is 25.9. The number of amides is 2. The predicted octanol–water partition coefficient (Wildman–Crippen LogP) is 4.45. The number of carbonyl (C=O) groups excluding carboxylic acids is 3. The summed E-state index contributed by atoms with van der Waals surface area (Å²) in [6, 6.07) is 10.6. The van der Waals surface area contributed by atoms with Crippen molar-refractivity contribution in [1.29, 1.82) is 0 Å². The van der Waals surface area contributed by atoms with Gasteiger partial charge in [0.15, 0.2) is 5.78 Å². The van der Waals surface area contributed by atoms with E-state index in [1.165, 1.54) is 4.90 Å². The van der Waals surface area contributed by atoms with Gasteiger partial charge in [0.2, 0.25) is 5.91 Å². The third kappa shape index (κ3) is 6.20. The number of fused-ring (bicyclic) bond motifs is 1. The Bertz CT molecular complexity index is 1150. The Kier molecular flexibility index (Phi) is 7.57. The fraction of sp³-hybridized carbons (Fsp3) is 0.448. The lowest BCUT2D eigenvalue weighted by Crippen LogP contribution is -2.50. The second-order valence-electron chi connectivity index (χ2n) is 10.7. The molecule has 0 radical (unpaired) electrons. The molecule has 2 aliphatic rings. The maximum absolute atomic E-state index is 13.3. The number of hydrogen-bond acceptors (Lipinski definition) is 5. The van der Waals surface area contributed by atoms with Gasteiger partial charge in [-0.2, -0.15) is 0 Å². The van der Waals surface area contributed by atoms with Crippen LogP contribution in [0.3, 0.4) is 0 Å². The van der Waals surface area contributed by atoms with Gasteiger partial charge in [0, 0.05) is 31.5 Å². The van der Waals surface area contributed by atoms with Crippen LogP contribution in [0.2, 0.25) is 0 Å². The van der Waals surface area contributed by atoms with Gasteiger partial charge in [-0.05, 0) is 63.3 Å². The van der Waals surface area contributed by atoms with E-state index in [9.17, 15) is 14.4 Å². The van der Waals surface area contributed by atoms with Crippen molar-refractivity contribution in [2.24, 2.45) is 0 Å². The number of benzene rings is 1. The smallest absolute Gasteiger partial charge is 0.410 e. The molecule has 1 saturated heterocycles. The van der Waals surface area contributed by atoms with Gasteiger partial charge in [-0.15, -0.1) is 0 Å². The van der Waals surface area contributed by atoms with Gasteiger partial charge < -0.3 is 10.1 Å². The zero-order valence-electron chi connectivity index (χ0n) is 21.5. The molecule has 7 heteroatoms. The molecule has 0 spiro atoms. The van der Waals surface area contributed by atoms with Crippen LogP contribution in [0.5, 0.6) is 0 Å². The number of aryl methyl sites for hydroxylation is 1. The van der Waals surface area contributed by atoms with Crippen molar-refractivity contribution in [3.05, 3.63) is 71.1 Å². The van der Waals surface area contributed by atoms with Gasteiger partial charge in [-0.3, -0.25) is 19.5 Å². The molecule has 2 aromatic rings. The van der Waals surface area contributed by atoms with Crippen molar-refractivity contribution in [2.75, 3.05) is 6.54 Å². The van der Waals surface area contributed by atoms with Gasteiger partial charge in [-0.1, -0.05) is 42.5 Å². The van der Waals surface area contributed by atoms with Crippen LogP contribution < -0.4 is 5.32 Å². The molecule has 2 amide bonds. The monoisotopic (exact) mass is 489 g/mol. The number of ether oxygens (including phenoxy) is 1. The number of nitrogens with zero attached hydrogens (tertiary/aromatic N) is 2. The van der Waals surface area contributed by atoms with E-state index in [1.54, 1.807) is 27.7 Å². The highest BCUT2D eigenvalue weighted by Crippen LogP contribution is 2.33. The molecule has 2 heterocycles. The van der Waals surface area contributed by atoms with Crippen LogP contribution in [0.15, 0.2) is 48.7 Å². The fourth-order valence-corrected chi connectivity index (χ4v) is 4.75. The summed E-state index contributed by atoms with van der Waals surface area (Å²) in [6.45, 7) is 7.50. The van der Waals surface area contributed by atoms with Crippen molar-refractivity contribution in [3.63, 3.8) is 0 Å². The van der Waals surface area contributed by atoms with Crippen molar-refractivity contribution in [2.45, 2.75) is 77.0 Å². The zero-order valence-corrected chi connectivity index (χ0v) is 21.5. The Labute approximate surface area is 212 Å². The number of carbonyl (C=O) groups is 3. The number of Topliss-reactive ketones (excluding diaryl/α,β-unsaturated/α-hetero) is 1. The highest BCUT2D eigenvalue weighted by atomic mass is 16.6. The molecule has 1 fully saturated rings. The maximum Gasteiger partial charge on any atom is 0.410 e. The van der Waals surface area contributed by atoms with Gasteiger partial charge in [-0.25, -0.2) is 4.79 Å². The minimum absolute atomic E-state index is 0.0156. The predicted molar refractivity (Wildman–Crippen MR) is 138 cm³/mol.